The summed E-state index contributed by atoms with van der Waals surface area (Å²) in [7, 11) is 1.34. The standard InChI is InChI=1S/C14H19NO5/c1-3-19-14(17)11-9-10(15)6-7-12(11)20-8-4-5-13(16)18-2/h6-7,9H,3-5,8,15H2,1-2H3. The minimum atomic E-state index is -0.484. The molecular formula is C14H19NO5. The zero-order valence-electron chi connectivity index (χ0n) is 11.7. The van der Waals surface area contributed by atoms with Gasteiger partial charge in [-0.15, -0.1) is 0 Å². The van der Waals surface area contributed by atoms with E-state index in [0.29, 0.717) is 24.5 Å². The Bertz CT molecular complexity index is 473. The molecular weight excluding hydrogens is 262 g/mol. The van der Waals surface area contributed by atoms with Crippen molar-refractivity contribution in [1.29, 1.82) is 0 Å². The van der Waals surface area contributed by atoms with Crippen LogP contribution in [0.2, 0.25) is 0 Å². The first kappa shape index (κ1) is 15.8. The van der Waals surface area contributed by atoms with Crippen LogP contribution >= 0.6 is 0 Å². The highest BCUT2D eigenvalue weighted by molar-refractivity contribution is 5.93. The molecule has 0 atom stereocenters. The van der Waals surface area contributed by atoms with Gasteiger partial charge in [-0.05, 0) is 31.5 Å². The van der Waals surface area contributed by atoms with Crippen LogP contribution in [0.15, 0.2) is 18.2 Å². The predicted octanol–water partition coefficient (Wildman–Crippen LogP) is 1.78. The zero-order chi connectivity index (χ0) is 15.0. The molecule has 0 aromatic heterocycles. The Kier molecular flexibility index (Phi) is 6.36. The van der Waals surface area contributed by atoms with Gasteiger partial charge in [-0.25, -0.2) is 4.79 Å². The number of anilines is 1. The molecule has 0 saturated carbocycles. The molecule has 1 aromatic rings. The quantitative estimate of drug-likeness (QED) is 0.465. The number of esters is 2. The molecule has 0 radical (unpaired) electrons. The first-order valence-corrected chi connectivity index (χ1v) is 6.34. The van der Waals surface area contributed by atoms with Crippen LogP contribution in [0.3, 0.4) is 0 Å². The Morgan fingerprint density at radius 1 is 1.30 bits per heavy atom. The molecule has 110 valence electrons. The van der Waals surface area contributed by atoms with Gasteiger partial charge in [0.1, 0.15) is 11.3 Å². The van der Waals surface area contributed by atoms with Crippen LogP contribution in [0, 0.1) is 0 Å². The Balaban J connectivity index is 2.64. The molecule has 20 heavy (non-hydrogen) atoms. The van der Waals surface area contributed by atoms with Crippen LogP contribution in [-0.4, -0.2) is 32.3 Å². The molecule has 0 heterocycles. The molecule has 0 aliphatic heterocycles. The lowest BCUT2D eigenvalue weighted by Crippen LogP contribution is -2.10. The number of benzene rings is 1. The summed E-state index contributed by atoms with van der Waals surface area (Å²) < 4.78 is 15.0. The van der Waals surface area contributed by atoms with E-state index in [9.17, 15) is 9.59 Å². The van der Waals surface area contributed by atoms with E-state index >= 15 is 0 Å². The lowest BCUT2D eigenvalue weighted by molar-refractivity contribution is -0.140. The number of hydrogen-bond acceptors (Lipinski definition) is 6. The van der Waals surface area contributed by atoms with Gasteiger partial charge in [0, 0.05) is 12.1 Å². The maximum atomic E-state index is 11.8. The van der Waals surface area contributed by atoms with Crippen molar-refractivity contribution in [3.8, 4) is 5.75 Å². The molecule has 0 aliphatic rings. The fraction of sp³-hybridized carbons (Fsp3) is 0.429. The minimum absolute atomic E-state index is 0.264. The molecule has 0 fully saturated rings. The zero-order valence-corrected chi connectivity index (χ0v) is 11.7. The summed E-state index contributed by atoms with van der Waals surface area (Å²) >= 11 is 0. The van der Waals surface area contributed by atoms with Crippen LogP contribution in [0.4, 0.5) is 5.69 Å². The highest BCUT2D eigenvalue weighted by Gasteiger charge is 2.14. The van der Waals surface area contributed by atoms with E-state index in [1.54, 1.807) is 19.1 Å². The van der Waals surface area contributed by atoms with E-state index in [2.05, 4.69) is 4.74 Å². The average Bonchev–Trinajstić information content (AvgIpc) is 2.44. The molecule has 6 nitrogen and oxygen atoms in total. The van der Waals surface area contributed by atoms with Crippen molar-refractivity contribution in [3.05, 3.63) is 23.8 Å². The van der Waals surface area contributed by atoms with E-state index in [1.165, 1.54) is 13.2 Å². The third-order valence-electron chi connectivity index (χ3n) is 2.51. The molecule has 0 unspecified atom stereocenters. The predicted molar refractivity (Wildman–Crippen MR) is 73.6 cm³/mol. The van der Waals surface area contributed by atoms with Gasteiger partial charge in [0.25, 0.3) is 0 Å². The van der Waals surface area contributed by atoms with Crippen molar-refractivity contribution < 1.29 is 23.8 Å². The monoisotopic (exact) mass is 281 g/mol. The van der Waals surface area contributed by atoms with E-state index in [0.717, 1.165) is 0 Å². The fourth-order valence-electron chi connectivity index (χ4n) is 1.54. The highest BCUT2D eigenvalue weighted by Crippen LogP contribution is 2.22. The minimum Gasteiger partial charge on any atom is -0.493 e. The van der Waals surface area contributed by atoms with E-state index in [4.69, 9.17) is 15.2 Å². The maximum Gasteiger partial charge on any atom is 0.341 e. The van der Waals surface area contributed by atoms with Gasteiger partial charge in [0.15, 0.2) is 0 Å². The molecule has 1 aromatic carbocycles. The van der Waals surface area contributed by atoms with Crippen molar-refractivity contribution in [1.82, 2.24) is 0 Å². The van der Waals surface area contributed by atoms with E-state index in [1.807, 2.05) is 0 Å². The lowest BCUT2D eigenvalue weighted by atomic mass is 10.2. The second-order valence-electron chi connectivity index (χ2n) is 4.00. The molecule has 6 heteroatoms. The van der Waals surface area contributed by atoms with Gasteiger partial charge < -0.3 is 19.9 Å². The van der Waals surface area contributed by atoms with E-state index < -0.39 is 5.97 Å². The number of rotatable bonds is 7. The van der Waals surface area contributed by atoms with Crippen LogP contribution in [0.1, 0.15) is 30.1 Å². The van der Waals surface area contributed by atoms with Crippen molar-refractivity contribution in [3.63, 3.8) is 0 Å². The largest absolute Gasteiger partial charge is 0.493 e. The average molecular weight is 281 g/mol. The molecule has 0 saturated heterocycles. The third-order valence-corrected chi connectivity index (χ3v) is 2.51. The second kappa shape index (κ2) is 8.04. The summed E-state index contributed by atoms with van der Waals surface area (Å²) in [5, 5.41) is 0. The van der Waals surface area contributed by atoms with Gasteiger partial charge in [0.2, 0.25) is 0 Å². The van der Waals surface area contributed by atoms with Crippen LogP contribution < -0.4 is 10.5 Å². The van der Waals surface area contributed by atoms with Crippen molar-refractivity contribution >= 4 is 17.6 Å². The van der Waals surface area contributed by atoms with Gasteiger partial charge in [-0.3, -0.25) is 4.79 Å². The normalized spacial score (nSPS) is 9.90. The Morgan fingerprint density at radius 3 is 2.70 bits per heavy atom. The molecule has 0 amide bonds. The molecule has 1 rings (SSSR count). The SMILES string of the molecule is CCOC(=O)c1cc(N)ccc1OCCCC(=O)OC. The van der Waals surface area contributed by atoms with Crippen molar-refractivity contribution in [2.45, 2.75) is 19.8 Å². The van der Waals surface area contributed by atoms with Crippen LogP contribution in [0.25, 0.3) is 0 Å². The smallest absolute Gasteiger partial charge is 0.341 e. The number of hydrogen-bond donors (Lipinski definition) is 1. The lowest BCUT2D eigenvalue weighted by Gasteiger charge is -2.11. The summed E-state index contributed by atoms with van der Waals surface area (Å²) in [6.45, 7) is 2.29. The first-order chi connectivity index (χ1) is 9.58. The second-order valence-corrected chi connectivity index (χ2v) is 4.00. The van der Waals surface area contributed by atoms with Gasteiger partial charge in [-0.1, -0.05) is 0 Å². The summed E-state index contributed by atoms with van der Waals surface area (Å²) in [6.07, 6.45) is 0.763. The molecule has 0 aliphatic carbocycles. The third kappa shape index (κ3) is 4.79. The van der Waals surface area contributed by atoms with E-state index in [-0.39, 0.29) is 24.6 Å². The number of ether oxygens (including phenoxy) is 3. The molecule has 2 N–H and O–H groups in total. The highest BCUT2D eigenvalue weighted by atomic mass is 16.5. The number of methoxy groups -OCH3 is 1. The molecule has 0 bridgehead atoms. The Hall–Kier alpha value is -2.24. The van der Waals surface area contributed by atoms with Crippen molar-refractivity contribution in [2.24, 2.45) is 0 Å². The fourth-order valence-corrected chi connectivity index (χ4v) is 1.54. The number of carbonyl (C=O) groups is 2. The Labute approximate surface area is 117 Å². The van der Waals surface area contributed by atoms with Gasteiger partial charge in [-0.2, -0.15) is 0 Å². The van der Waals surface area contributed by atoms with Crippen LogP contribution in [0.5, 0.6) is 5.75 Å². The summed E-state index contributed by atoms with van der Waals surface area (Å²) in [5.74, 6) is -0.387. The first-order valence-electron chi connectivity index (χ1n) is 6.34. The number of carbonyl (C=O) groups excluding carboxylic acids is 2. The number of nitrogen functional groups attached to an aromatic ring is 1. The van der Waals surface area contributed by atoms with Crippen LogP contribution in [-0.2, 0) is 14.3 Å². The molecule has 0 spiro atoms. The summed E-state index contributed by atoms with van der Waals surface area (Å²) in [5.41, 5.74) is 6.39. The van der Waals surface area contributed by atoms with Crippen molar-refractivity contribution in [2.75, 3.05) is 26.1 Å². The summed E-state index contributed by atoms with van der Waals surface area (Å²) in [4.78, 5) is 22.7. The maximum absolute atomic E-state index is 11.8. The number of nitrogens with two attached hydrogens (primary N) is 1. The topological polar surface area (TPSA) is 87.9 Å². The van der Waals surface area contributed by atoms with Gasteiger partial charge in [0.05, 0.1) is 20.3 Å². The van der Waals surface area contributed by atoms with Gasteiger partial charge >= 0.3 is 11.9 Å². The Morgan fingerprint density at radius 2 is 2.05 bits per heavy atom. The summed E-state index contributed by atoms with van der Waals surface area (Å²) in [6, 6.07) is 4.76.